The van der Waals surface area contributed by atoms with E-state index in [0.29, 0.717) is 23.3 Å². The van der Waals surface area contributed by atoms with E-state index in [2.05, 4.69) is 4.99 Å². The van der Waals surface area contributed by atoms with Gasteiger partial charge in [0.25, 0.3) is 5.91 Å². The zero-order valence-electron chi connectivity index (χ0n) is 13.7. The predicted molar refractivity (Wildman–Crippen MR) is 85.8 cm³/mol. The molecule has 1 aliphatic rings. The van der Waals surface area contributed by atoms with Crippen LogP contribution in [0.15, 0.2) is 23.2 Å². The molecule has 25 heavy (non-hydrogen) atoms. The Morgan fingerprint density at radius 1 is 1.32 bits per heavy atom. The van der Waals surface area contributed by atoms with Crippen LogP contribution >= 0.6 is 11.3 Å². The largest absolute Gasteiger partial charge is 0.417 e. The van der Waals surface area contributed by atoms with Gasteiger partial charge in [-0.25, -0.2) is 4.39 Å². The molecular weight excluding hydrogens is 356 g/mol. The van der Waals surface area contributed by atoms with Gasteiger partial charge < -0.3 is 4.57 Å². The van der Waals surface area contributed by atoms with E-state index in [9.17, 15) is 22.4 Å². The van der Waals surface area contributed by atoms with Crippen molar-refractivity contribution in [3.05, 3.63) is 50.5 Å². The van der Waals surface area contributed by atoms with Crippen molar-refractivity contribution in [1.29, 1.82) is 0 Å². The highest BCUT2D eigenvalue weighted by Crippen LogP contribution is 2.33. The molecule has 0 radical (unpaired) electrons. The highest BCUT2D eigenvalue weighted by Gasteiger charge is 2.36. The van der Waals surface area contributed by atoms with Crippen LogP contribution in [0.4, 0.5) is 17.6 Å². The van der Waals surface area contributed by atoms with Crippen molar-refractivity contribution < 1.29 is 22.4 Å². The number of nitrogens with zero attached hydrogens (tertiary/aromatic N) is 2. The Kier molecular flexibility index (Phi) is 4.57. The van der Waals surface area contributed by atoms with Crippen molar-refractivity contribution in [1.82, 2.24) is 4.57 Å². The molecule has 134 valence electrons. The summed E-state index contributed by atoms with van der Waals surface area (Å²) in [5.74, 6) is -1.93. The van der Waals surface area contributed by atoms with Crippen LogP contribution in [0, 0.1) is 25.6 Å². The van der Waals surface area contributed by atoms with E-state index in [1.54, 1.807) is 0 Å². The summed E-state index contributed by atoms with van der Waals surface area (Å²) in [6, 6.07) is 2.46. The number of alkyl halides is 3. The van der Waals surface area contributed by atoms with Gasteiger partial charge in [-0.1, -0.05) is 6.07 Å². The van der Waals surface area contributed by atoms with Crippen LogP contribution in [0.2, 0.25) is 0 Å². The van der Waals surface area contributed by atoms with Gasteiger partial charge in [0.15, 0.2) is 4.80 Å². The Morgan fingerprint density at radius 3 is 2.60 bits per heavy atom. The highest BCUT2D eigenvalue weighted by atomic mass is 32.1. The second-order valence-electron chi connectivity index (χ2n) is 6.16. The fraction of sp³-hybridized carbons (Fsp3) is 0.412. The van der Waals surface area contributed by atoms with Crippen molar-refractivity contribution in [2.24, 2.45) is 10.9 Å². The first kappa shape index (κ1) is 17.8. The molecule has 2 aromatic rings. The summed E-state index contributed by atoms with van der Waals surface area (Å²) in [4.78, 5) is 17.4. The Morgan fingerprint density at radius 2 is 2.00 bits per heavy atom. The number of hydrogen-bond donors (Lipinski definition) is 0. The topological polar surface area (TPSA) is 34.4 Å². The molecule has 0 saturated heterocycles. The molecule has 3 nitrogen and oxygen atoms in total. The van der Waals surface area contributed by atoms with Crippen LogP contribution in [0.5, 0.6) is 0 Å². The van der Waals surface area contributed by atoms with E-state index in [1.165, 1.54) is 11.3 Å². The number of rotatable bonds is 3. The lowest BCUT2D eigenvalue weighted by Crippen LogP contribution is -2.21. The lowest BCUT2D eigenvalue weighted by atomic mass is 10.1. The van der Waals surface area contributed by atoms with Crippen molar-refractivity contribution >= 4 is 17.2 Å². The van der Waals surface area contributed by atoms with Gasteiger partial charge in [-0.3, -0.25) is 4.79 Å². The molecule has 0 spiro atoms. The number of amides is 1. The molecule has 1 fully saturated rings. The SMILES string of the molecule is Cc1sc(=NC(=O)c2c(F)cccc2C(F)(F)F)n(CC2CC2)c1C. The van der Waals surface area contributed by atoms with Crippen LogP contribution < -0.4 is 4.80 Å². The second-order valence-corrected chi connectivity index (χ2v) is 7.34. The van der Waals surface area contributed by atoms with Crippen molar-refractivity contribution in [3.63, 3.8) is 0 Å². The molecule has 0 atom stereocenters. The number of aromatic nitrogens is 1. The van der Waals surface area contributed by atoms with Gasteiger partial charge in [-0.2, -0.15) is 18.2 Å². The van der Waals surface area contributed by atoms with Crippen LogP contribution in [-0.4, -0.2) is 10.5 Å². The van der Waals surface area contributed by atoms with Crippen LogP contribution in [0.3, 0.4) is 0 Å². The lowest BCUT2D eigenvalue weighted by molar-refractivity contribution is -0.138. The fourth-order valence-electron chi connectivity index (χ4n) is 2.58. The van der Waals surface area contributed by atoms with Gasteiger partial charge in [-0.05, 0) is 44.7 Å². The smallest absolute Gasteiger partial charge is 0.320 e. The van der Waals surface area contributed by atoms with Gasteiger partial charge in [0.2, 0.25) is 0 Å². The normalized spacial score (nSPS) is 15.7. The van der Waals surface area contributed by atoms with Crippen molar-refractivity contribution in [2.75, 3.05) is 0 Å². The minimum absolute atomic E-state index is 0.309. The maximum absolute atomic E-state index is 14.0. The third-order valence-corrected chi connectivity index (χ3v) is 5.35. The number of thiazole rings is 1. The molecule has 1 saturated carbocycles. The maximum atomic E-state index is 14.0. The standard InChI is InChI=1S/C17H16F4N2OS/c1-9-10(2)25-16(23(9)8-11-6-7-11)22-15(24)14-12(17(19,20)21)4-3-5-13(14)18/h3-5,11H,6-8H2,1-2H3. The summed E-state index contributed by atoms with van der Waals surface area (Å²) in [7, 11) is 0. The molecule has 0 aliphatic heterocycles. The second kappa shape index (κ2) is 6.40. The van der Waals surface area contributed by atoms with E-state index in [-0.39, 0.29) is 0 Å². The highest BCUT2D eigenvalue weighted by molar-refractivity contribution is 7.09. The molecule has 8 heteroatoms. The molecule has 1 aromatic carbocycles. The Bertz CT molecular complexity index is 891. The minimum atomic E-state index is -4.83. The third-order valence-electron chi connectivity index (χ3n) is 4.26. The molecule has 1 aromatic heterocycles. The first-order valence-corrected chi connectivity index (χ1v) is 8.61. The Labute approximate surface area is 145 Å². The summed E-state index contributed by atoms with van der Waals surface area (Å²) in [5.41, 5.74) is -1.41. The van der Waals surface area contributed by atoms with E-state index in [4.69, 9.17) is 0 Å². The zero-order chi connectivity index (χ0) is 18.4. The molecule has 0 bridgehead atoms. The quantitative estimate of drug-likeness (QED) is 0.732. The number of hydrogen-bond acceptors (Lipinski definition) is 2. The van der Waals surface area contributed by atoms with Crippen LogP contribution in [0.1, 0.15) is 39.3 Å². The van der Waals surface area contributed by atoms with Gasteiger partial charge in [0.05, 0.1) is 11.1 Å². The number of halogens is 4. The zero-order valence-corrected chi connectivity index (χ0v) is 14.5. The third kappa shape index (κ3) is 3.68. The first-order chi connectivity index (χ1) is 11.7. The summed E-state index contributed by atoms with van der Waals surface area (Å²) >= 11 is 1.22. The van der Waals surface area contributed by atoms with E-state index in [1.807, 2.05) is 18.4 Å². The molecule has 1 heterocycles. The molecule has 0 N–H and O–H groups in total. The minimum Gasteiger partial charge on any atom is -0.320 e. The Balaban J connectivity index is 2.09. The first-order valence-electron chi connectivity index (χ1n) is 7.80. The van der Waals surface area contributed by atoms with Gasteiger partial charge >= 0.3 is 6.18 Å². The number of aryl methyl sites for hydroxylation is 1. The molecule has 3 rings (SSSR count). The maximum Gasteiger partial charge on any atom is 0.417 e. The summed E-state index contributed by atoms with van der Waals surface area (Å²) < 4.78 is 55.1. The van der Waals surface area contributed by atoms with Crippen molar-refractivity contribution in [2.45, 2.75) is 39.4 Å². The predicted octanol–water partition coefficient (Wildman–Crippen LogP) is 4.48. The molecule has 1 aliphatic carbocycles. The molecule has 1 amide bonds. The van der Waals surface area contributed by atoms with E-state index in [0.717, 1.165) is 35.5 Å². The molecule has 0 unspecified atom stereocenters. The fourth-order valence-corrected chi connectivity index (χ4v) is 3.56. The van der Waals surface area contributed by atoms with Gasteiger partial charge in [-0.15, -0.1) is 11.3 Å². The van der Waals surface area contributed by atoms with Crippen LogP contribution in [0.25, 0.3) is 0 Å². The average molecular weight is 372 g/mol. The van der Waals surface area contributed by atoms with Gasteiger partial charge in [0, 0.05) is 17.1 Å². The molecular formula is C17H16F4N2OS. The number of carbonyl (C=O) groups is 1. The Hall–Kier alpha value is -1.96. The number of benzene rings is 1. The van der Waals surface area contributed by atoms with E-state index >= 15 is 0 Å². The monoisotopic (exact) mass is 372 g/mol. The summed E-state index contributed by atoms with van der Waals surface area (Å²) in [6.45, 7) is 4.41. The van der Waals surface area contributed by atoms with Crippen molar-refractivity contribution in [3.8, 4) is 0 Å². The van der Waals surface area contributed by atoms with Crippen LogP contribution in [-0.2, 0) is 12.7 Å². The average Bonchev–Trinajstić information content (AvgIpc) is 3.29. The number of carbonyl (C=O) groups excluding carboxylic acids is 1. The van der Waals surface area contributed by atoms with Gasteiger partial charge in [0.1, 0.15) is 5.82 Å². The van der Waals surface area contributed by atoms with E-state index < -0.39 is 29.0 Å². The lowest BCUT2D eigenvalue weighted by Gasteiger charge is -2.11. The summed E-state index contributed by atoms with van der Waals surface area (Å²) in [6.07, 6.45) is -2.66. The summed E-state index contributed by atoms with van der Waals surface area (Å²) in [5, 5.41) is 0.